The maximum atomic E-state index is 11.8. The molecule has 1 aromatic heterocycles. The van der Waals surface area contributed by atoms with Gasteiger partial charge in [0, 0.05) is 11.5 Å². The van der Waals surface area contributed by atoms with Gasteiger partial charge in [-0.2, -0.15) is 0 Å². The number of aliphatic carboxylic acids is 1. The maximum absolute atomic E-state index is 11.8. The monoisotopic (exact) mass is 396 g/mol. The van der Waals surface area contributed by atoms with Gasteiger partial charge in [-0.3, -0.25) is 14.9 Å². The lowest BCUT2D eigenvalue weighted by Crippen LogP contribution is -2.08. The van der Waals surface area contributed by atoms with E-state index in [2.05, 4.69) is 26.2 Å². The van der Waals surface area contributed by atoms with Crippen molar-refractivity contribution in [1.82, 2.24) is 4.98 Å². The number of carboxylic acids is 1. The Hall–Kier alpha value is -2.19. The van der Waals surface area contributed by atoms with Crippen LogP contribution in [-0.4, -0.2) is 29.1 Å². The number of carboxylic acid groups (broad SMARTS) is 1. The van der Waals surface area contributed by atoms with Crippen LogP contribution in [0.25, 0.3) is 6.08 Å². The quantitative estimate of drug-likeness (QED) is 0.731. The first-order valence-electron chi connectivity index (χ1n) is 6.46. The Kier molecular flexibility index (Phi) is 5.89. The lowest BCUT2D eigenvalue weighted by molar-refractivity contribution is -0.136. The van der Waals surface area contributed by atoms with Crippen molar-refractivity contribution in [3.05, 3.63) is 45.4 Å². The molecule has 1 heterocycles. The van der Waals surface area contributed by atoms with E-state index in [0.29, 0.717) is 16.6 Å². The van der Waals surface area contributed by atoms with Crippen LogP contribution in [0.2, 0.25) is 0 Å². The summed E-state index contributed by atoms with van der Waals surface area (Å²) in [5.41, 5.74) is 1.25. The van der Waals surface area contributed by atoms with Gasteiger partial charge < -0.3 is 9.84 Å². The zero-order chi connectivity index (χ0) is 16.8. The summed E-state index contributed by atoms with van der Waals surface area (Å²) < 4.78 is 5.93. The topological polar surface area (TPSA) is 88.5 Å². The van der Waals surface area contributed by atoms with Crippen molar-refractivity contribution in [2.45, 2.75) is 6.42 Å². The molecule has 0 saturated heterocycles. The first-order valence-corrected chi connectivity index (χ1v) is 8.14. The summed E-state index contributed by atoms with van der Waals surface area (Å²) in [5, 5.41) is 13.2. The molecule has 0 unspecified atom stereocenters. The molecular formula is C15H13BrN2O4S. The number of anilines is 1. The number of rotatable bonds is 6. The molecule has 0 bridgehead atoms. The van der Waals surface area contributed by atoms with Gasteiger partial charge >= 0.3 is 5.97 Å². The zero-order valence-corrected chi connectivity index (χ0v) is 14.5. The van der Waals surface area contributed by atoms with Crippen molar-refractivity contribution in [2.24, 2.45) is 0 Å². The summed E-state index contributed by atoms with van der Waals surface area (Å²) in [7, 11) is 1.58. The normalized spacial score (nSPS) is 10.7. The summed E-state index contributed by atoms with van der Waals surface area (Å²) in [6, 6.07) is 5.44. The molecule has 0 aliphatic rings. The highest BCUT2D eigenvalue weighted by Gasteiger charge is 2.07. The molecule has 0 radical (unpaired) electrons. The van der Waals surface area contributed by atoms with E-state index >= 15 is 0 Å². The Morgan fingerprint density at radius 1 is 1.48 bits per heavy atom. The molecule has 0 aliphatic carbocycles. The molecule has 23 heavy (non-hydrogen) atoms. The van der Waals surface area contributed by atoms with E-state index in [0.717, 1.165) is 10.0 Å². The van der Waals surface area contributed by atoms with E-state index in [4.69, 9.17) is 9.84 Å². The van der Waals surface area contributed by atoms with Gasteiger partial charge in [0.2, 0.25) is 5.91 Å². The minimum Gasteiger partial charge on any atom is -0.496 e. The standard InChI is InChI=1S/C15H13BrN2O4S/c1-22-12-4-2-9(6-11(12)16)3-5-13(19)18-15-17-10(8-23-15)7-14(20)21/h2-6,8H,7H2,1H3,(H,20,21)(H,17,18,19)/b5-3+. The predicted octanol–water partition coefficient (Wildman–Crippen LogP) is 3.19. The average molecular weight is 397 g/mol. The molecule has 0 aliphatic heterocycles. The van der Waals surface area contributed by atoms with E-state index in [-0.39, 0.29) is 12.3 Å². The number of methoxy groups -OCH3 is 1. The molecule has 6 nitrogen and oxygen atoms in total. The smallest absolute Gasteiger partial charge is 0.309 e. The molecule has 0 saturated carbocycles. The number of halogens is 1. The van der Waals surface area contributed by atoms with Gasteiger partial charge in [-0.1, -0.05) is 6.07 Å². The van der Waals surface area contributed by atoms with Crippen LogP contribution in [0.1, 0.15) is 11.3 Å². The van der Waals surface area contributed by atoms with E-state index in [9.17, 15) is 9.59 Å². The molecule has 120 valence electrons. The van der Waals surface area contributed by atoms with Gasteiger partial charge in [-0.05, 0) is 39.7 Å². The van der Waals surface area contributed by atoms with E-state index < -0.39 is 5.97 Å². The minimum atomic E-state index is -0.960. The minimum absolute atomic E-state index is 0.165. The van der Waals surface area contributed by atoms with Crippen molar-refractivity contribution in [3.63, 3.8) is 0 Å². The number of nitrogens with one attached hydrogen (secondary N) is 1. The second-order valence-electron chi connectivity index (χ2n) is 4.43. The molecule has 0 atom stereocenters. The largest absolute Gasteiger partial charge is 0.496 e. The zero-order valence-electron chi connectivity index (χ0n) is 12.1. The SMILES string of the molecule is COc1ccc(/C=C/C(=O)Nc2nc(CC(=O)O)cs2)cc1Br. The molecule has 2 N–H and O–H groups in total. The summed E-state index contributed by atoms with van der Waals surface area (Å²) >= 11 is 4.56. The Morgan fingerprint density at radius 2 is 2.26 bits per heavy atom. The molecule has 2 rings (SSSR count). The first-order chi connectivity index (χ1) is 11.0. The van der Waals surface area contributed by atoms with Gasteiger partial charge in [0.05, 0.1) is 23.7 Å². The van der Waals surface area contributed by atoms with Crippen LogP contribution in [0.5, 0.6) is 5.75 Å². The highest BCUT2D eigenvalue weighted by molar-refractivity contribution is 9.10. The number of carbonyl (C=O) groups excluding carboxylic acids is 1. The fourth-order valence-electron chi connectivity index (χ4n) is 1.71. The number of aromatic nitrogens is 1. The number of benzene rings is 1. The fourth-order valence-corrected chi connectivity index (χ4v) is 2.98. The number of carbonyl (C=O) groups is 2. The lowest BCUT2D eigenvalue weighted by Gasteiger charge is -2.03. The summed E-state index contributed by atoms with van der Waals surface area (Å²) in [6.07, 6.45) is 2.87. The van der Waals surface area contributed by atoms with Crippen LogP contribution < -0.4 is 10.1 Å². The third-order valence-electron chi connectivity index (χ3n) is 2.72. The van der Waals surface area contributed by atoms with Gasteiger partial charge in [0.15, 0.2) is 5.13 Å². The number of nitrogens with zero attached hydrogens (tertiary/aromatic N) is 1. The number of hydrogen-bond acceptors (Lipinski definition) is 5. The first kappa shape index (κ1) is 17.2. The van der Waals surface area contributed by atoms with Gasteiger partial charge in [0.1, 0.15) is 5.75 Å². The summed E-state index contributed by atoms with van der Waals surface area (Å²) in [6.45, 7) is 0. The molecule has 1 aromatic carbocycles. The fraction of sp³-hybridized carbons (Fsp3) is 0.133. The lowest BCUT2D eigenvalue weighted by atomic mass is 10.2. The van der Waals surface area contributed by atoms with Crippen LogP contribution in [0.4, 0.5) is 5.13 Å². The maximum Gasteiger partial charge on any atom is 0.309 e. The Bertz CT molecular complexity index is 758. The van der Waals surface area contributed by atoms with Crippen molar-refractivity contribution >= 4 is 50.4 Å². The molecule has 1 amide bonds. The highest BCUT2D eigenvalue weighted by Crippen LogP contribution is 2.26. The number of amides is 1. The van der Waals surface area contributed by atoms with Crippen LogP contribution in [0.15, 0.2) is 34.1 Å². The van der Waals surface area contributed by atoms with Crippen molar-refractivity contribution in [2.75, 3.05) is 12.4 Å². The van der Waals surface area contributed by atoms with E-state index in [1.54, 1.807) is 24.6 Å². The molecule has 8 heteroatoms. The molecular weight excluding hydrogens is 384 g/mol. The number of thiazole rings is 1. The second kappa shape index (κ2) is 7.89. The highest BCUT2D eigenvalue weighted by atomic mass is 79.9. The van der Waals surface area contributed by atoms with Crippen LogP contribution in [-0.2, 0) is 16.0 Å². The Labute approximate surface area is 144 Å². The van der Waals surface area contributed by atoms with Crippen LogP contribution in [0, 0.1) is 0 Å². The van der Waals surface area contributed by atoms with Gasteiger partial charge in [0.25, 0.3) is 0 Å². The second-order valence-corrected chi connectivity index (χ2v) is 6.14. The van der Waals surface area contributed by atoms with Crippen LogP contribution in [0.3, 0.4) is 0 Å². The number of ether oxygens (including phenoxy) is 1. The van der Waals surface area contributed by atoms with Crippen LogP contribution >= 0.6 is 27.3 Å². The summed E-state index contributed by atoms with van der Waals surface area (Å²) in [5.74, 6) is -0.591. The van der Waals surface area contributed by atoms with Crippen molar-refractivity contribution in [3.8, 4) is 5.75 Å². The third kappa shape index (κ3) is 5.19. The third-order valence-corrected chi connectivity index (χ3v) is 4.14. The summed E-state index contributed by atoms with van der Waals surface area (Å²) in [4.78, 5) is 26.5. The predicted molar refractivity (Wildman–Crippen MR) is 91.8 cm³/mol. The van der Waals surface area contributed by atoms with E-state index in [1.807, 2.05) is 12.1 Å². The van der Waals surface area contributed by atoms with E-state index in [1.165, 1.54) is 17.4 Å². The molecule has 0 fully saturated rings. The van der Waals surface area contributed by atoms with Gasteiger partial charge in [-0.25, -0.2) is 4.98 Å². The Morgan fingerprint density at radius 3 is 2.91 bits per heavy atom. The molecule has 0 spiro atoms. The average Bonchev–Trinajstić information content (AvgIpc) is 2.91. The van der Waals surface area contributed by atoms with Gasteiger partial charge in [-0.15, -0.1) is 11.3 Å². The Balaban J connectivity index is 1.97. The van der Waals surface area contributed by atoms with Crippen molar-refractivity contribution < 1.29 is 19.4 Å². The number of hydrogen-bond donors (Lipinski definition) is 2. The molecule has 2 aromatic rings. The van der Waals surface area contributed by atoms with Crippen molar-refractivity contribution in [1.29, 1.82) is 0 Å².